The number of unbranched alkanes of at least 4 members (excludes halogenated alkanes) is 3. The smallest absolute Gasteiger partial charge is 0.137 e. The molecule has 1 aromatic rings. The van der Waals surface area contributed by atoms with Crippen molar-refractivity contribution < 1.29 is 0 Å². The summed E-state index contributed by atoms with van der Waals surface area (Å²) < 4.78 is 5.04. The summed E-state index contributed by atoms with van der Waals surface area (Å²) >= 11 is -0.839. The van der Waals surface area contributed by atoms with Gasteiger partial charge in [-0.15, -0.1) is 0 Å². The molecular weight excluding hydrogens is 329 g/mol. The summed E-state index contributed by atoms with van der Waals surface area (Å²) in [5.41, 5.74) is 0. The second-order valence-corrected chi connectivity index (χ2v) is 13.3. The van der Waals surface area contributed by atoms with Crippen LogP contribution >= 0.6 is 0 Å². The van der Waals surface area contributed by atoms with Crippen LogP contribution in [0.5, 0.6) is 0 Å². The van der Waals surface area contributed by atoms with E-state index in [1.54, 1.807) is 13.3 Å². The van der Waals surface area contributed by atoms with Crippen molar-refractivity contribution in [3.05, 3.63) is 12.7 Å². The molecule has 0 aromatic carbocycles. The van der Waals surface area contributed by atoms with Crippen LogP contribution in [-0.4, -0.2) is 34.9 Å². The van der Waals surface area contributed by atoms with Gasteiger partial charge < -0.3 is 0 Å². The Bertz CT molecular complexity index is 191. The number of H-pyrrole nitrogens is 1. The van der Waals surface area contributed by atoms with E-state index in [4.69, 9.17) is 0 Å². The van der Waals surface area contributed by atoms with Crippen molar-refractivity contribution in [1.29, 1.82) is 0 Å². The van der Waals surface area contributed by atoms with Crippen LogP contribution in [0.3, 0.4) is 0 Å². The fraction of sp³-hybridized carbons (Fsp3) is 0.857. The first kappa shape index (κ1) is 17.9. The van der Waals surface area contributed by atoms with Gasteiger partial charge in [0.05, 0.1) is 0 Å². The predicted molar refractivity (Wildman–Crippen MR) is 81.3 cm³/mol. The van der Waals surface area contributed by atoms with Gasteiger partial charge in [-0.1, -0.05) is 0 Å². The zero-order valence-corrected chi connectivity index (χ0v) is 15.3. The molecule has 105 valence electrons. The molecule has 0 aliphatic heterocycles. The van der Waals surface area contributed by atoms with Gasteiger partial charge in [-0.2, -0.15) is 5.10 Å². The Hall–Kier alpha value is -0.0613. The van der Waals surface area contributed by atoms with Crippen molar-refractivity contribution in [3.8, 4) is 0 Å². The van der Waals surface area contributed by atoms with Crippen LogP contribution in [0.1, 0.15) is 59.3 Å². The molecule has 0 aliphatic rings. The predicted octanol–water partition coefficient (Wildman–Crippen LogP) is 4.69. The van der Waals surface area contributed by atoms with E-state index in [-0.39, 0.29) is 0 Å². The number of rotatable bonds is 9. The number of aromatic nitrogens is 3. The van der Waals surface area contributed by atoms with Gasteiger partial charge in [0.2, 0.25) is 0 Å². The molecule has 0 spiro atoms. The Morgan fingerprint density at radius 1 is 0.889 bits per heavy atom. The monoisotopic (exact) mass is 360 g/mol. The third-order valence-electron chi connectivity index (χ3n) is 2.98. The van der Waals surface area contributed by atoms with E-state index in [1.807, 2.05) is 0 Å². The maximum Gasteiger partial charge on any atom is 0.137 e. The maximum atomic E-state index is 3.56. The van der Waals surface area contributed by atoms with Gasteiger partial charge in [-0.25, -0.2) is 4.98 Å². The van der Waals surface area contributed by atoms with Crippen molar-refractivity contribution in [2.24, 2.45) is 0 Å². The summed E-state index contributed by atoms with van der Waals surface area (Å²) in [6.07, 6.45) is 11.8. The largest absolute Gasteiger partial charge is 0.266 e. The molecule has 1 radical (unpaired) electrons. The second kappa shape index (κ2) is 15.0. The molecule has 0 amide bonds. The molecule has 0 unspecified atom stereocenters. The van der Waals surface area contributed by atoms with E-state index in [9.17, 15) is 0 Å². The average molecular weight is 359 g/mol. The van der Waals surface area contributed by atoms with E-state index < -0.39 is 19.8 Å². The topological polar surface area (TPSA) is 41.6 Å². The number of hydrogen-bond donors (Lipinski definition) is 1. The van der Waals surface area contributed by atoms with Crippen LogP contribution in [0.25, 0.3) is 0 Å². The second-order valence-electron chi connectivity index (χ2n) is 4.71. The van der Waals surface area contributed by atoms with Crippen molar-refractivity contribution >= 4 is 19.8 Å². The van der Waals surface area contributed by atoms with Gasteiger partial charge in [0, 0.05) is 0 Å². The fourth-order valence-electron chi connectivity index (χ4n) is 1.82. The molecule has 0 aliphatic carbocycles. The molecule has 1 aromatic heterocycles. The first-order valence-electron chi connectivity index (χ1n) is 7.47. The number of aromatic amines is 1. The normalized spacial score (nSPS) is 10.2. The molecule has 0 saturated heterocycles. The van der Waals surface area contributed by atoms with Crippen LogP contribution in [0.2, 0.25) is 13.3 Å². The minimum absolute atomic E-state index is 0.839. The van der Waals surface area contributed by atoms with Crippen LogP contribution < -0.4 is 0 Å². The van der Waals surface area contributed by atoms with E-state index in [0.717, 1.165) is 0 Å². The standard InChI is InChI=1S/3C4H9.C2H3N3.Sn/c3*1-3-4-2;1-3-2-5-4-1;/h3*1,3-4H2,2H3;1-2H,(H,3,4,5);. The molecule has 0 bridgehead atoms. The zero-order chi connectivity index (χ0) is 13.5. The Morgan fingerprint density at radius 3 is 1.61 bits per heavy atom. The molecule has 18 heavy (non-hydrogen) atoms. The molecule has 1 rings (SSSR count). The van der Waals surface area contributed by atoms with Gasteiger partial charge in [0.15, 0.2) is 0 Å². The maximum absolute atomic E-state index is 3.56. The average Bonchev–Trinajstić information content (AvgIpc) is 2.97. The quantitative estimate of drug-likeness (QED) is 0.650. The molecule has 4 heteroatoms. The molecule has 1 heterocycles. The third kappa shape index (κ3) is 12.4. The Morgan fingerprint density at radius 2 is 1.39 bits per heavy atom. The minimum Gasteiger partial charge on any atom is -0.266 e. The van der Waals surface area contributed by atoms with E-state index >= 15 is 0 Å². The molecule has 0 saturated carbocycles. The summed E-state index contributed by atoms with van der Waals surface area (Å²) in [5.74, 6) is 0. The van der Waals surface area contributed by atoms with Crippen molar-refractivity contribution in [3.63, 3.8) is 0 Å². The number of nitrogens with one attached hydrogen (secondary N) is 1. The van der Waals surface area contributed by atoms with Crippen LogP contribution in [0.4, 0.5) is 0 Å². The van der Waals surface area contributed by atoms with Gasteiger partial charge in [-0.3, -0.25) is 5.10 Å². The Kier molecular flexibility index (Phi) is 14.9. The van der Waals surface area contributed by atoms with Crippen molar-refractivity contribution in [1.82, 2.24) is 15.2 Å². The summed E-state index contributed by atoms with van der Waals surface area (Å²) in [4.78, 5) is 3.56. The number of nitrogens with zero attached hydrogens (tertiary/aromatic N) is 2. The molecule has 0 atom stereocenters. The van der Waals surface area contributed by atoms with Crippen molar-refractivity contribution in [2.45, 2.75) is 72.6 Å². The molecule has 1 N–H and O–H groups in total. The first-order chi connectivity index (χ1) is 8.85. The SMILES string of the molecule is CCC[CH2][Sn]([CH2]CCC)[CH2]CCC.c1nc[nH]n1. The van der Waals surface area contributed by atoms with E-state index in [2.05, 4.69) is 36.0 Å². The Labute approximate surface area is 120 Å². The van der Waals surface area contributed by atoms with E-state index in [1.165, 1.54) is 51.2 Å². The number of hydrogen-bond acceptors (Lipinski definition) is 2. The van der Waals surface area contributed by atoms with Gasteiger partial charge in [-0.05, 0) is 0 Å². The van der Waals surface area contributed by atoms with Crippen LogP contribution in [0.15, 0.2) is 12.7 Å². The van der Waals surface area contributed by atoms with Crippen molar-refractivity contribution in [2.75, 3.05) is 0 Å². The van der Waals surface area contributed by atoms with Crippen LogP contribution in [0, 0.1) is 0 Å². The van der Waals surface area contributed by atoms with Gasteiger partial charge in [0.1, 0.15) is 12.7 Å². The zero-order valence-electron chi connectivity index (χ0n) is 12.4. The molecular formula is C14H30N3Sn. The summed E-state index contributed by atoms with van der Waals surface area (Å²) in [6, 6.07) is 0. The summed E-state index contributed by atoms with van der Waals surface area (Å²) in [7, 11) is 0. The fourth-order valence-corrected chi connectivity index (χ4v) is 11.3. The van der Waals surface area contributed by atoms with Gasteiger partial charge >= 0.3 is 92.4 Å². The minimum atomic E-state index is -0.839. The first-order valence-corrected chi connectivity index (χ1v) is 13.5. The molecule has 3 nitrogen and oxygen atoms in total. The van der Waals surface area contributed by atoms with Crippen LogP contribution in [-0.2, 0) is 0 Å². The summed E-state index contributed by atoms with van der Waals surface area (Å²) in [5, 5.41) is 5.99. The molecule has 0 fully saturated rings. The van der Waals surface area contributed by atoms with E-state index in [0.29, 0.717) is 0 Å². The third-order valence-corrected chi connectivity index (χ3v) is 12.1. The van der Waals surface area contributed by atoms with Gasteiger partial charge in [0.25, 0.3) is 0 Å². The Balaban J connectivity index is 0.000000473. The summed E-state index contributed by atoms with van der Waals surface area (Å²) in [6.45, 7) is 7.00.